The summed E-state index contributed by atoms with van der Waals surface area (Å²) < 4.78 is 6.87. The summed E-state index contributed by atoms with van der Waals surface area (Å²) in [6.45, 7) is 5.89. The predicted octanol–water partition coefficient (Wildman–Crippen LogP) is 5.93. The molecule has 1 aromatic rings. The highest BCUT2D eigenvalue weighted by molar-refractivity contribution is 5.48. The molecule has 0 N–H and O–H groups in total. The van der Waals surface area contributed by atoms with E-state index in [9.17, 15) is 0 Å². The highest BCUT2D eigenvalue weighted by Crippen LogP contribution is 2.14. The fraction of sp³-hybridized carbons (Fsp3) is 0.636. The highest BCUT2D eigenvalue weighted by atomic mass is 16.5. The van der Waals surface area contributed by atoms with Crippen LogP contribution in [0.5, 0.6) is 5.75 Å². The van der Waals surface area contributed by atoms with Crippen molar-refractivity contribution in [2.75, 3.05) is 34.3 Å². The Labute approximate surface area is 150 Å². The molecule has 2 heteroatoms. The highest BCUT2D eigenvalue weighted by Gasteiger charge is 2.04. The Morgan fingerprint density at radius 2 is 1.29 bits per heavy atom. The van der Waals surface area contributed by atoms with Gasteiger partial charge in [-0.1, -0.05) is 63.3 Å². The number of hydrogen-bond donors (Lipinski definition) is 0. The monoisotopic (exact) mass is 332 g/mol. The van der Waals surface area contributed by atoms with E-state index in [-0.39, 0.29) is 0 Å². The average molecular weight is 333 g/mol. The smallest absolute Gasteiger partial charge is 0.119 e. The first kappa shape index (κ1) is 20.8. The van der Waals surface area contributed by atoms with Crippen LogP contribution in [-0.4, -0.2) is 38.8 Å². The molecule has 0 saturated carbocycles. The first-order valence-electron chi connectivity index (χ1n) is 9.67. The summed E-state index contributed by atoms with van der Waals surface area (Å²) in [4.78, 5) is 0. The van der Waals surface area contributed by atoms with E-state index >= 15 is 0 Å². The van der Waals surface area contributed by atoms with Crippen LogP contribution in [0.25, 0.3) is 6.08 Å². The van der Waals surface area contributed by atoms with Crippen LogP contribution < -0.4 is 4.74 Å². The van der Waals surface area contributed by atoms with Crippen molar-refractivity contribution in [1.29, 1.82) is 0 Å². The van der Waals surface area contributed by atoms with Crippen LogP contribution in [0.15, 0.2) is 30.8 Å². The normalized spacial score (nSPS) is 11.5. The largest absolute Gasteiger partial charge is 0.494 e. The van der Waals surface area contributed by atoms with Crippen LogP contribution in [-0.2, 0) is 0 Å². The van der Waals surface area contributed by atoms with Crippen molar-refractivity contribution >= 4 is 6.08 Å². The molecule has 2 nitrogen and oxygen atoms in total. The van der Waals surface area contributed by atoms with E-state index in [1.807, 2.05) is 30.3 Å². The molecule has 24 heavy (non-hydrogen) atoms. The molecular formula is C22H38NO+. The molecule has 0 heterocycles. The molecule has 0 atom stereocenters. The van der Waals surface area contributed by atoms with Crippen molar-refractivity contribution < 1.29 is 9.22 Å². The van der Waals surface area contributed by atoms with Gasteiger partial charge in [-0.05, 0) is 37.0 Å². The molecule has 0 unspecified atom stereocenters. The van der Waals surface area contributed by atoms with Gasteiger partial charge in [-0.2, -0.15) is 0 Å². The van der Waals surface area contributed by atoms with Gasteiger partial charge in [0.05, 0.1) is 34.3 Å². The van der Waals surface area contributed by atoms with E-state index in [0.717, 1.165) is 28.8 Å². The van der Waals surface area contributed by atoms with E-state index < -0.39 is 0 Å². The zero-order valence-corrected chi connectivity index (χ0v) is 16.2. The predicted molar refractivity (Wildman–Crippen MR) is 106 cm³/mol. The minimum Gasteiger partial charge on any atom is -0.494 e. The Morgan fingerprint density at radius 3 is 1.79 bits per heavy atom. The van der Waals surface area contributed by atoms with E-state index in [0.29, 0.717) is 0 Å². The molecule has 0 radical (unpaired) electrons. The summed E-state index contributed by atoms with van der Waals surface area (Å²) in [7, 11) is 6.83. The molecule has 0 amide bonds. The van der Waals surface area contributed by atoms with Gasteiger partial charge in [0, 0.05) is 0 Å². The minimum absolute atomic E-state index is 0.832. The lowest BCUT2D eigenvalue weighted by atomic mass is 10.1. The number of rotatable bonds is 14. The summed E-state index contributed by atoms with van der Waals surface area (Å²) >= 11 is 0. The van der Waals surface area contributed by atoms with E-state index in [4.69, 9.17) is 4.74 Å². The van der Waals surface area contributed by atoms with E-state index in [1.165, 1.54) is 57.9 Å². The van der Waals surface area contributed by atoms with Crippen LogP contribution in [0.2, 0.25) is 0 Å². The summed E-state index contributed by atoms with van der Waals surface area (Å²) in [6.07, 6.45) is 14.0. The Bertz CT molecular complexity index is 430. The Balaban J connectivity index is 1.86. The third-order valence-electron chi connectivity index (χ3n) is 4.36. The maximum Gasteiger partial charge on any atom is 0.119 e. The second-order valence-electron chi connectivity index (χ2n) is 7.82. The zero-order valence-electron chi connectivity index (χ0n) is 16.2. The molecule has 0 saturated heterocycles. The van der Waals surface area contributed by atoms with Gasteiger partial charge in [0.15, 0.2) is 0 Å². The van der Waals surface area contributed by atoms with E-state index in [1.54, 1.807) is 0 Å². The number of quaternary nitrogens is 1. The van der Waals surface area contributed by atoms with Gasteiger partial charge < -0.3 is 9.22 Å². The lowest BCUT2D eigenvalue weighted by molar-refractivity contribution is -0.870. The molecule has 136 valence electrons. The maximum atomic E-state index is 5.77. The second kappa shape index (κ2) is 12.1. The third kappa shape index (κ3) is 11.3. The van der Waals surface area contributed by atoms with Crippen molar-refractivity contribution in [3.05, 3.63) is 36.4 Å². The quantitative estimate of drug-likeness (QED) is 0.303. The second-order valence-corrected chi connectivity index (χ2v) is 7.82. The van der Waals surface area contributed by atoms with Gasteiger partial charge in [0.1, 0.15) is 5.75 Å². The van der Waals surface area contributed by atoms with Crippen molar-refractivity contribution in [3.63, 3.8) is 0 Å². The molecule has 0 fully saturated rings. The van der Waals surface area contributed by atoms with Gasteiger partial charge in [-0.25, -0.2) is 0 Å². The van der Waals surface area contributed by atoms with Gasteiger partial charge in [0.25, 0.3) is 0 Å². The van der Waals surface area contributed by atoms with Gasteiger partial charge in [-0.3, -0.25) is 0 Å². The molecule has 0 spiro atoms. The Kier molecular flexibility index (Phi) is 10.5. The van der Waals surface area contributed by atoms with Crippen LogP contribution in [0, 0.1) is 0 Å². The number of benzene rings is 1. The Morgan fingerprint density at radius 1 is 0.792 bits per heavy atom. The first-order chi connectivity index (χ1) is 11.5. The van der Waals surface area contributed by atoms with Gasteiger partial charge in [0.2, 0.25) is 0 Å². The van der Waals surface area contributed by atoms with Gasteiger partial charge >= 0.3 is 0 Å². The molecule has 0 bridgehead atoms. The molecule has 0 aliphatic carbocycles. The summed E-state index contributed by atoms with van der Waals surface area (Å²) in [6, 6.07) is 8.14. The molecule has 0 aromatic heterocycles. The zero-order chi connectivity index (χ0) is 17.7. The number of ether oxygens (including phenoxy) is 1. The number of unbranched alkanes of at least 4 members (excludes halogenated alkanes) is 8. The molecule has 1 rings (SSSR count). The SMILES string of the molecule is C=Cc1ccc(OCCCCCCCCCCC[N+](C)(C)C)cc1. The number of nitrogens with zero attached hydrogens (tertiary/aromatic N) is 1. The molecule has 0 aliphatic heterocycles. The van der Waals surface area contributed by atoms with Crippen LogP contribution in [0.1, 0.15) is 63.4 Å². The minimum atomic E-state index is 0.832. The van der Waals surface area contributed by atoms with Crippen molar-refractivity contribution in [2.45, 2.75) is 57.8 Å². The van der Waals surface area contributed by atoms with Crippen LogP contribution in [0.3, 0.4) is 0 Å². The summed E-state index contributed by atoms with van der Waals surface area (Å²) in [5, 5.41) is 0. The van der Waals surface area contributed by atoms with Crippen LogP contribution in [0.4, 0.5) is 0 Å². The van der Waals surface area contributed by atoms with Crippen molar-refractivity contribution in [3.8, 4) is 5.75 Å². The van der Waals surface area contributed by atoms with Crippen molar-refractivity contribution in [1.82, 2.24) is 0 Å². The molecule has 0 aliphatic rings. The van der Waals surface area contributed by atoms with Crippen molar-refractivity contribution in [2.24, 2.45) is 0 Å². The standard InChI is InChI=1S/C22H38NO/c1-5-21-15-17-22(18-16-21)24-20-14-12-10-8-6-7-9-11-13-19-23(2,3)4/h5,15-18H,1,6-14,19-20H2,2-4H3/q+1. The fourth-order valence-corrected chi connectivity index (χ4v) is 2.82. The molecule has 1 aromatic carbocycles. The van der Waals surface area contributed by atoms with Gasteiger partial charge in [-0.15, -0.1) is 0 Å². The summed E-state index contributed by atoms with van der Waals surface area (Å²) in [5.74, 6) is 0.967. The average Bonchev–Trinajstić information content (AvgIpc) is 2.55. The maximum absolute atomic E-state index is 5.77. The first-order valence-corrected chi connectivity index (χ1v) is 9.67. The third-order valence-corrected chi connectivity index (χ3v) is 4.36. The van der Waals surface area contributed by atoms with Crippen LogP contribution >= 0.6 is 0 Å². The Hall–Kier alpha value is -1.28. The summed E-state index contributed by atoms with van der Waals surface area (Å²) in [5.41, 5.74) is 1.14. The lowest BCUT2D eigenvalue weighted by Crippen LogP contribution is -2.35. The van der Waals surface area contributed by atoms with E-state index in [2.05, 4.69) is 27.7 Å². The number of hydrogen-bond acceptors (Lipinski definition) is 1. The topological polar surface area (TPSA) is 9.23 Å². The fourth-order valence-electron chi connectivity index (χ4n) is 2.82. The lowest BCUT2D eigenvalue weighted by Gasteiger charge is -2.23. The molecular weight excluding hydrogens is 294 g/mol.